The van der Waals surface area contributed by atoms with Gasteiger partial charge in [-0.2, -0.15) is 0 Å². The van der Waals surface area contributed by atoms with Crippen molar-refractivity contribution >= 4 is 28.8 Å². The lowest BCUT2D eigenvalue weighted by atomic mass is 9.26. The maximum absolute atomic E-state index is 2.72. The van der Waals surface area contributed by atoms with Crippen LogP contribution < -0.4 is 4.90 Å². The first-order chi connectivity index (χ1) is 24.2. The molecule has 0 N–H and O–H groups in total. The topological polar surface area (TPSA) is 3.24 Å². The summed E-state index contributed by atoms with van der Waals surface area (Å²) in [4.78, 5) is 5.70. The molecular formula is C48H47NS. The first kappa shape index (κ1) is 29.9. The summed E-state index contributed by atoms with van der Waals surface area (Å²) in [6.45, 7) is 9.92. The van der Waals surface area contributed by atoms with Gasteiger partial charge in [0.25, 0.3) is 0 Å². The summed E-state index contributed by atoms with van der Waals surface area (Å²) in [7, 11) is 0. The molecule has 250 valence electrons. The molecule has 2 heteroatoms. The zero-order valence-electron chi connectivity index (χ0n) is 29.9. The van der Waals surface area contributed by atoms with Crippen LogP contribution in [-0.4, -0.2) is 0 Å². The van der Waals surface area contributed by atoms with Crippen molar-refractivity contribution in [3.63, 3.8) is 0 Å². The summed E-state index contributed by atoms with van der Waals surface area (Å²) < 4.78 is 0. The van der Waals surface area contributed by atoms with Crippen LogP contribution in [0.5, 0.6) is 0 Å². The number of benzene rings is 5. The number of fused-ring (bicyclic) bond motifs is 8. The van der Waals surface area contributed by atoms with E-state index < -0.39 is 0 Å². The number of hydrogen-bond donors (Lipinski definition) is 0. The third-order valence-electron chi connectivity index (χ3n) is 15.0. The van der Waals surface area contributed by atoms with Crippen LogP contribution in [0.15, 0.2) is 125 Å². The quantitative estimate of drug-likeness (QED) is 0.187. The molecule has 6 atom stereocenters. The van der Waals surface area contributed by atoms with Crippen LogP contribution in [0.4, 0.5) is 17.1 Å². The Morgan fingerprint density at radius 3 is 2.00 bits per heavy atom. The Morgan fingerprint density at radius 2 is 1.20 bits per heavy atom. The van der Waals surface area contributed by atoms with Crippen molar-refractivity contribution in [2.45, 2.75) is 92.3 Å². The maximum atomic E-state index is 2.72. The fraction of sp³-hybridized carbons (Fsp3) is 0.375. The van der Waals surface area contributed by atoms with Crippen molar-refractivity contribution in [2.24, 2.45) is 29.1 Å². The first-order valence-corrected chi connectivity index (χ1v) is 20.1. The number of rotatable bonds is 4. The molecule has 6 aliphatic rings. The lowest BCUT2D eigenvalue weighted by Crippen LogP contribution is -2.74. The molecule has 11 rings (SSSR count). The molecule has 2 bridgehead atoms. The van der Waals surface area contributed by atoms with Gasteiger partial charge in [-0.3, -0.25) is 0 Å². The van der Waals surface area contributed by atoms with E-state index in [2.05, 4.69) is 148 Å². The molecule has 1 heterocycles. The van der Waals surface area contributed by atoms with Crippen LogP contribution in [-0.2, 0) is 16.2 Å². The molecule has 4 fully saturated rings. The molecule has 1 nitrogen and oxygen atoms in total. The predicted octanol–water partition coefficient (Wildman–Crippen LogP) is 13.0. The minimum Gasteiger partial charge on any atom is -0.310 e. The molecular weight excluding hydrogens is 623 g/mol. The minimum atomic E-state index is 0.0733. The highest BCUT2D eigenvalue weighted by molar-refractivity contribution is 7.99. The molecule has 2 spiro atoms. The number of anilines is 3. The summed E-state index contributed by atoms with van der Waals surface area (Å²) in [6.07, 6.45) is 8.21. The molecule has 4 saturated carbocycles. The van der Waals surface area contributed by atoms with E-state index in [1.165, 1.54) is 87.6 Å². The average molecular weight is 670 g/mol. The smallest absolute Gasteiger partial charge is 0.0514 e. The van der Waals surface area contributed by atoms with Crippen LogP contribution in [0.25, 0.3) is 11.1 Å². The molecule has 1 aliphatic heterocycles. The van der Waals surface area contributed by atoms with Gasteiger partial charge in [-0.1, -0.05) is 118 Å². The van der Waals surface area contributed by atoms with E-state index in [0.717, 1.165) is 23.7 Å². The van der Waals surface area contributed by atoms with Crippen molar-refractivity contribution in [3.05, 3.63) is 138 Å². The Bertz CT molecular complexity index is 2200. The lowest BCUT2D eigenvalue weighted by Gasteiger charge is -2.78. The Balaban J connectivity index is 1.18. The van der Waals surface area contributed by atoms with Gasteiger partial charge in [-0.15, -0.1) is 0 Å². The van der Waals surface area contributed by atoms with Gasteiger partial charge in [-0.05, 0) is 143 Å². The Morgan fingerprint density at radius 1 is 0.560 bits per heavy atom. The van der Waals surface area contributed by atoms with E-state index in [4.69, 9.17) is 0 Å². The Kier molecular flexibility index (Phi) is 5.97. The largest absolute Gasteiger partial charge is 0.310 e. The molecule has 5 aromatic carbocycles. The molecule has 5 aliphatic carbocycles. The zero-order chi connectivity index (χ0) is 33.6. The van der Waals surface area contributed by atoms with E-state index in [1.807, 2.05) is 11.8 Å². The highest BCUT2D eigenvalue weighted by atomic mass is 32.2. The third kappa shape index (κ3) is 3.62. The van der Waals surface area contributed by atoms with E-state index >= 15 is 0 Å². The van der Waals surface area contributed by atoms with Crippen molar-refractivity contribution < 1.29 is 0 Å². The third-order valence-corrected chi connectivity index (χ3v) is 16.2. The van der Waals surface area contributed by atoms with Crippen LogP contribution in [0, 0.1) is 29.1 Å². The van der Waals surface area contributed by atoms with Crippen LogP contribution >= 0.6 is 11.8 Å². The number of nitrogens with zero attached hydrogens (tertiary/aromatic N) is 1. The van der Waals surface area contributed by atoms with Gasteiger partial charge in [-0.25, -0.2) is 0 Å². The highest BCUT2D eigenvalue weighted by Gasteiger charge is 2.84. The monoisotopic (exact) mass is 669 g/mol. The second kappa shape index (κ2) is 9.97. The SMILES string of the molecule is CC1(C)CCC(C)(C)c2c(N(c3ccc(-c4ccccc4)cc3)c3cccc4c3C3(c5ccccc5S4)C4CC5CC6CC3C64C5)cccc21. The fourth-order valence-corrected chi connectivity index (χ4v) is 14.3. The van der Waals surface area contributed by atoms with Gasteiger partial charge < -0.3 is 4.90 Å². The van der Waals surface area contributed by atoms with Crippen LogP contribution in [0.3, 0.4) is 0 Å². The fourth-order valence-electron chi connectivity index (χ4n) is 13.0. The maximum Gasteiger partial charge on any atom is 0.0514 e. The van der Waals surface area contributed by atoms with Crippen molar-refractivity contribution in [3.8, 4) is 11.1 Å². The van der Waals surface area contributed by atoms with E-state index in [1.54, 1.807) is 11.1 Å². The van der Waals surface area contributed by atoms with Crippen molar-refractivity contribution in [2.75, 3.05) is 4.90 Å². The van der Waals surface area contributed by atoms with E-state index in [-0.39, 0.29) is 16.2 Å². The van der Waals surface area contributed by atoms with Gasteiger partial charge in [0.15, 0.2) is 0 Å². The van der Waals surface area contributed by atoms with Gasteiger partial charge in [0, 0.05) is 26.5 Å². The molecule has 50 heavy (non-hydrogen) atoms. The highest BCUT2D eigenvalue weighted by Crippen LogP contribution is 2.89. The summed E-state index contributed by atoms with van der Waals surface area (Å²) >= 11 is 2.03. The second-order valence-electron chi connectivity index (χ2n) is 18.0. The number of hydrogen-bond acceptors (Lipinski definition) is 2. The molecule has 0 amide bonds. The van der Waals surface area contributed by atoms with Gasteiger partial charge in [0.05, 0.1) is 11.4 Å². The molecule has 0 radical (unpaired) electrons. The van der Waals surface area contributed by atoms with Gasteiger partial charge in [0.1, 0.15) is 0 Å². The second-order valence-corrected chi connectivity index (χ2v) is 19.1. The molecule has 6 unspecified atom stereocenters. The average Bonchev–Trinajstić information content (AvgIpc) is 3.66. The lowest BCUT2D eigenvalue weighted by molar-refractivity contribution is -0.234. The van der Waals surface area contributed by atoms with Crippen molar-refractivity contribution in [1.82, 2.24) is 0 Å². The summed E-state index contributed by atoms with van der Waals surface area (Å²) in [5.41, 5.74) is 13.8. The van der Waals surface area contributed by atoms with Crippen LogP contribution in [0.2, 0.25) is 0 Å². The standard InChI is InChI=1S/C48H47NS/c1-45(2)24-25-46(3,4)43-36(45)15-10-16-37(43)49(34-22-20-32(21-23-34)31-12-6-5-7-13-31)38-17-11-19-40-44(38)48(35-14-8-9-18-39(35)50-40)41-27-30-26-33-28-42(48)47(33,41)29-30/h5-23,30,33,41-42H,24-29H2,1-4H3. The summed E-state index contributed by atoms with van der Waals surface area (Å²) in [5.74, 6) is 3.39. The summed E-state index contributed by atoms with van der Waals surface area (Å²) in [5, 5.41) is 0. The van der Waals surface area contributed by atoms with Crippen LogP contribution in [0.1, 0.15) is 88.5 Å². The van der Waals surface area contributed by atoms with Gasteiger partial charge in [0.2, 0.25) is 0 Å². The predicted molar refractivity (Wildman–Crippen MR) is 208 cm³/mol. The Labute approximate surface area is 302 Å². The molecule has 0 aromatic heterocycles. The van der Waals surface area contributed by atoms with E-state index in [9.17, 15) is 0 Å². The van der Waals surface area contributed by atoms with Gasteiger partial charge >= 0.3 is 0 Å². The summed E-state index contributed by atoms with van der Waals surface area (Å²) in [6, 6.07) is 44.5. The first-order valence-electron chi connectivity index (χ1n) is 19.2. The zero-order valence-corrected chi connectivity index (χ0v) is 30.7. The van der Waals surface area contributed by atoms with Crippen molar-refractivity contribution in [1.29, 1.82) is 0 Å². The normalized spacial score (nSPS) is 31.1. The Hall–Kier alpha value is -3.75. The minimum absolute atomic E-state index is 0.0733. The van der Waals surface area contributed by atoms with E-state index in [0.29, 0.717) is 5.41 Å². The molecule has 0 saturated heterocycles. The molecule has 5 aromatic rings.